The van der Waals surface area contributed by atoms with Crippen LogP contribution in [0.15, 0.2) is 59.5 Å². The Balaban J connectivity index is 1.98. The monoisotopic (exact) mass is 365 g/mol. The minimum atomic E-state index is -0.493. The van der Waals surface area contributed by atoms with Crippen molar-refractivity contribution in [3.8, 4) is 11.5 Å². The number of rotatable bonds is 6. The Kier molecular flexibility index (Phi) is 5.60. The smallest absolute Gasteiger partial charge is 0.345 e. The summed E-state index contributed by atoms with van der Waals surface area (Å²) in [6.07, 6.45) is 1.60. The van der Waals surface area contributed by atoms with Crippen molar-refractivity contribution in [2.45, 2.75) is 27.3 Å². The number of hydrogen-bond acceptors (Lipinski definition) is 4. The number of ether oxygens (including phenoxy) is 2. The second-order valence-corrected chi connectivity index (χ2v) is 6.73. The van der Waals surface area contributed by atoms with Gasteiger partial charge in [-0.1, -0.05) is 32.0 Å². The van der Waals surface area contributed by atoms with Crippen molar-refractivity contribution in [3.63, 3.8) is 0 Å². The molecule has 0 aliphatic carbocycles. The Hall–Kier alpha value is -3.08. The summed E-state index contributed by atoms with van der Waals surface area (Å²) in [5, 5.41) is 1.11. The van der Waals surface area contributed by atoms with E-state index in [1.165, 1.54) is 0 Å². The quantitative estimate of drug-likeness (QED) is 0.483. The van der Waals surface area contributed by atoms with Gasteiger partial charge in [0.15, 0.2) is 0 Å². The number of benzene rings is 2. The molecule has 1 heterocycles. The van der Waals surface area contributed by atoms with Gasteiger partial charge in [0.2, 0.25) is 0 Å². The third-order valence-electron chi connectivity index (χ3n) is 4.12. The largest absolute Gasteiger partial charge is 0.494 e. The van der Waals surface area contributed by atoms with Crippen LogP contribution < -0.4 is 15.0 Å². The van der Waals surface area contributed by atoms with E-state index in [2.05, 4.69) is 0 Å². The van der Waals surface area contributed by atoms with Gasteiger partial charge in [-0.25, -0.2) is 4.79 Å². The van der Waals surface area contributed by atoms with Gasteiger partial charge in [-0.05, 0) is 43.2 Å². The van der Waals surface area contributed by atoms with Crippen LogP contribution in [0.5, 0.6) is 11.5 Å². The van der Waals surface area contributed by atoms with Crippen molar-refractivity contribution in [2.75, 3.05) is 6.61 Å². The lowest BCUT2D eigenvalue weighted by Crippen LogP contribution is -2.25. The average Bonchev–Trinajstić information content (AvgIpc) is 2.65. The van der Waals surface area contributed by atoms with Crippen LogP contribution in [0, 0.1) is 5.92 Å². The number of carbonyl (C=O) groups is 1. The number of nitrogens with zero attached hydrogens (tertiary/aromatic N) is 1. The molecule has 0 radical (unpaired) electrons. The van der Waals surface area contributed by atoms with Gasteiger partial charge in [0, 0.05) is 23.5 Å². The van der Waals surface area contributed by atoms with E-state index in [0.29, 0.717) is 41.0 Å². The van der Waals surface area contributed by atoms with Crippen molar-refractivity contribution in [3.05, 3.63) is 70.6 Å². The molecule has 3 rings (SSSR count). The van der Waals surface area contributed by atoms with E-state index in [4.69, 9.17) is 9.47 Å². The summed E-state index contributed by atoms with van der Waals surface area (Å²) in [5.41, 5.74) is 0.275. The fraction of sp³-hybridized carbons (Fsp3) is 0.273. The average molecular weight is 365 g/mol. The van der Waals surface area contributed by atoms with E-state index >= 15 is 0 Å². The van der Waals surface area contributed by atoms with Crippen LogP contribution in [0.1, 0.15) is 31.1 Å². The number of fused-ring (bicyclic) bond motifs is 1. The van der Waals surface area contributed by atoms with Crippen LogP contribution in [0.2, 0.25) is 0 Å². The van der Waals surface area contributed by atoms with Gasteiger partial charge in [-0.3, -0.25) is 4.79 Å². The van der Waals surface area contributed by atoms with Crippen LogP contribution in [0.25, 0.3) is 10.8 Å². The summed E-state index contributed by atoms with van der Waals surface area (Å²) in [7, 11) is 0. The molecule has 0 fully saturated rings. The third-order valence-corrected chi connectivity index (χ3v) is 4.12. The highest BCUT2D eigenvalue weighted by Gasteiger charge is 2.17. The molecule has 5 nitrogen and oxygen atoms in total. The molecule has 2 aromatic carbocycles. The summed E-state index contributed by atoms with van der Waals surface area (Å²) in [4.78, 5) is 25.5. The van der Waals surface area contributed by atoms with Crippen molar-refractivity contribution < 1.29 is 14.3 Å². The summed E-state index contributed by atoms with van der Waals surface area (Å²) in [6, 6.07) is 14.0. The van der Waals surface area contributed by atoms with Gasteiger partial charge in [0.25, 0.3) is 5.56 Å². The lowest BCUT2D eigenvalue weighted by molar-refractivity contribution is 0.0735. The standard InChI is InChI=1S/C22H23NO4/c1-4-26-16-9-11-17(12-10-16)27-22(25)20-14-23(13-15(2)3)21(24)19-8-6-5-7-18(19)20/h5-12,14-15H,4,13H2,1-3H3. The molecule has 3 aromatic rings. The Morgan fingerprint density at radius 1 is 1.00 bits per heavy atom. The lowest BCUT2D eigenvalue weighted by Gasteiger charge is -2.13. The van der Waals surface area contributed by atoms with E-state index < -0.39 is 5.97 Å². The number of carbonyl (C=O) groups excluding carboxylic acids is 1. The van der Waals surface area contributed by atoms with E-state index in [-0.39, 0.29) is 11.5 Å². The highest BCUT2D eigenvalue weighted by atomic mass is 16.5. The predicted octanol–water partition coefficient (Wildman–Crippen LogP) is 4.28. The van der Waals surface area contributed by atoms with Crippen LogP contribution >= 0.6 is 0 Å². The Morgan fingerprint density at radius 3 is 2.26 bits per heavy atom. The molecular weight excluding hydrogens is 342 g/mol. The Bertz CT molecular complexity index is 1000. The molecule has 0 bridgehead atoms. The molecule has 0 saturated carbocycles. The first-order chi connectivity index (χ1) is 13.0. The van der Waals surface area contributed by atoms with E-state index in [9.17, 15) is 9.59 Å². The van der Waals surface area contributed by atoms with Crippen molar-refractivity contribution in [1.29, 1.82) is 0 Å². The minimum Gasteiger partial charge on any atom is -0.494 e. The number of esters is 1. The zero-order chi connectivity index (χ0) is 19.4. The number of aromatic nitrogens is 1. The van der Waals surface area contributed by atoms with Gasteiger partial charge in [0.05, 0.1) is 12.2 Å². The summed E-state index contributed by atoms with van der Waals surface area (Å²) >= 11 is 0. The molecule has 0 N–H and O–H groups in total. The first-order valence-electron chi connectivity index (χ1n) is 9.06. The molecule has 0 amide bonds. The van der Waals surface area contributed by atoms with Gasteiger partial charge in [-0.15, -0.1) is 0 Å². The fourth-order valence-electron chi connectivity index (χ4n) is 2.97. The van der Waals surface area contributed by atoms with Crippen LogP contribution in [0.3, 0.4) is 0 Å². The molecule has 140 valence electrons. The van der Waals surface area contributed by atoms with Crippen LogP contribution in [0.4, 0.5) is 0 Å². The van der Waals surface area contributed by atoms with Crippen molar-refractivity contribution in [1.82, 2.24) is 4.57 Å². The molecule has 0 aliphatic rings. The Labute approximate surface area is 158 Å². The van der Waals surface area contributed by atoms with E-state index in [1.807, 2.05) is 26.8 Å². The molecule has 0 aliphatic heterocycles. The van der Waals surface area contributed by atoms with Gasteiger partial charge < -0.3 is 14.0 Å². The van der Waals surface area contributed by atoms with Gasteiger partial charge in [0.1, 0.15) is 11.5 Å². The molecule has 0 saturated heterocycles. The van der Waals surface area contributed by atoms with E-state index in [0.717, 1.165) is 0 Å². The first kappa shape index (κ1) is 18.7. The van der Waals surface area contributed by atoms with Gasteiger partial charge >= 0.3 is 5.97 Å². The zero-order valence-corrected chi connectivity index (χ0v) is 15.8. The Morgan fingerprint density at radius 2 is 1.63 bits per heavy atom. The first-order valence-corrected chi connectivity index (χ1v) is 9.06. The zero-order valence-electron chi connectivity index (χ0n) is 15.8. The summed E-state index contributed by atoms with van der Waals surface area (Å²) in [5.74, 6) is 0.925. The van der Waals surface area contributed by atoms with Crippen LogP contribution in [-0.4, -0.2) is 17.1 Å². The lowest BCUT2D eigenvalue weighted by atomic mass is 10.1. The fourth-order valence-corrected chi connectivity index (χ4v) is 2.97. The van der Waals surface area contributed by atoms with Crippen molar-refractivity contribution in [2.24, 2.45) is 5.92 Å². The number of hydrogen-bond donors (Lipinski definition) is 0. The molecule has 5 heteroatoms. The molecular formula is C22H23NO4. The van der Waals surface area contributed by atoms with Crippen molar-refractivity contribution >= 4 is 16.7 Å². The van der Waals surface area contributed by atoms with Crippen LogP contribution in [-0.2, 0) is 6.54 Å². The second-order valence-electron chi connectivity index (χ2n) is 6.73. The number of pyridine rings is 1. The normalized spacial score (nSPS) is 11.0. The van der Waals surface area contributed by atoms with E-state index in [1.54, 1.807) is 53.2 Å². The molecule has 0 unspecified atom stereocenters. The maximum atomic E-state index is 12.8. The molecule has 0 spiro atoms. The maximum Gasteiger partial charge on any atom is 0.345 e. The highest BCUT2D eigenvalue weighted by molar-refractivity contribution is 6.04. The minimum absolute atomic E-state index is 0.100. The highest BCUT2D eigenvalue weighted by Crippen LogP contribution is 2.21. The molecule has 27 heavy (non-hydrogen) atoms. The SMILES string of the molecule is CCOc1ccc(OC(=O)c2cn(CC(C)C)c(=O)c3ccccc23)cc1. The van der Waals surface area contributed by atoms with Gasteiger partial charge in [-0.2, -0.15) is 0 Å². The maximum absolute atomic E-state index is 12.8. The second kappa shape index (κ2) is 8.08. The molecule has 1 aromatic heterocycles. The predicted molar refractivity (Wildman–Crippen MR) is 106 cm³/mol. The topological polar surface area (TPSA) is 57.5 Å². The third kappa shape index (κ3) is 4.19. The summed E-state index contributed by atoms with van der Waals surface area (Å²) in [6.45, 7) is 7.07. The molecule has 0 atom stereocenters. The summed E-state index contributed by atoms with van der Waals surface area (Å²) < 4.78 is 12.5.